The Balaban J connectivity index is 3.03. The van der Waals surface area contributed by atoms with Crippen LogP contribution in [0.25, 0.3) is 0 Å². The summed E-state index contributed by atoms with van der Waals surface area (Å²) >= 11 is 7.65. The van der Waals surface area contributed by atoms with E-state index in [1.165, 1.54) is 16.7 Å². The van der Waals surface area contributed by atoms with Crippen LogP contribution in [0, 0.1) is 0 Å². The molecular formula is C15H20ClNO3S. The Morgan fingerprint density at radius 3 is 2.57 bits per heavy atom. The van der Waals surface area contributed by atoms with E-state index in [9.17, 15) is 9.59 Å². The number of carbonyl (C=O) groups excluding carboxylic acids is 2. The fourth-order valence-corrected chi connectivity index (χ4v) is 2.42. The van der Waals surface area contributed by atoms with Crippen molar-refractivity contribution < 1.29 is 14.3 Å². The van der Waals surface area contributed by atoms with Crippen LogP contribution in [0.4, 0.5) is 0 Å². The van der Waals surface area contributed by atoms with Gasteiger partial charge in [0, 0.05) is 10.9 Å². The molecule has 1 amide bonds. The van der Waals surface area contributed by atoms with Crippen molar-refractivity contribution in [1.29, 1.82) is 0 Å². The number of thioether (sulfide) groups is 1. The molecule has 0 aliphatic carbocycles. The summed E-state index contributed by atoms with van der Waals surface area (Å²) < 4.78 is 4.91. The highest BCUT2D eigenvalue weighted by Crippen LogP contribution is 2.24. The van der Waals surface area contributed by atoms with E-state index in [1.54, 1.807) is 19.1 Å². The van der Waals surface area contributed by atoms with Crippen LogP contribution in [-0.4, -0.2) is 42.2 Å². The molecule has 0 aromatic heterocycles. The first-order valence-electron chi connectivity index (χ1n) is 6.70. The van der Waals surface area contributed by atoms with E-state index < -0.39 is 5.97 Å². The van der Waals surface area contributed by atoms with E-state index in [2.05, 4.69) is 0 Å². The average Bonchev–Trinajstić information content (AvgIpc) is 2.44. The van der Waals surface area contributed by atoms with Gasteiger partial charge in [-0.15, -0.1) is 11.8 Å². The molecule has 0 bridgehead atoms. The van der Waals surface area contributed by atoms with Gasteiger partial charge in [-0.05, 0) is 45.2 Å². The smallest absolute Gasteiger partial charge is 0.325 e. The van der Waals surface area contributed by atoms with Gasteiger partial charge in [-0.2, -0.15) is 0 Å². The van der Waals surface area contributed by atoms with Crippen LogP contribution in [0.15, 0.2) is 23.1 Å². The SMILES string of the molecule is CCOC(=O)CN(C(=O)c1cc(SC)ccc1Cl)C(C)C. The van der Waals surface area contributed by atoms with Gasteiger partial charge in [-0.1, -0.05) is 11.6 Å². The van der Waals surface area contributed by atoms with Crippen molar-refractivity contribution in [1.82, 2.24) is 4.90 Å². The van der Waals surface area contributed by atoms with Crippen molar-refractivity contribution in [2.45, 2.75) is 31.7 Å². The van der Waals surface area contributed by atoms with Gasteiger partial charge in [0.25, 0.3) is 5.91 Å². The highest BCUT2D eigenvalue weighted by molar-refractivity contribution is 7.98. The number of halogens is 1. The topological polar surface area (TPSA) is 46.6 Å². The molecule has 0 heterocycles. The lowest BCUT2D eigenvalue weighted by atomic mass is 10.1. The van der Waals surface area contributed by atoms with E-state index in [-0.39, 0.29) is 18.5 Å². The number of esters is 1. The Kier molecular flexibility index (Phi) is 7.05. The van der Waals surface area contributed by atoms with Crippen LogP contribution in [0.3, 0.4) is 0 Å². The molecule has 0 saturated heterocycles. The lowest BCUT2D eigenvalue weighted by molar-refractivity contribution is -0.144. The third-order valence-electron chi connectivity index (χ3n) is 2.89. The molecule has 116 valence electrons. The fraction of sp³-hybridized carbons (Fsp3) is 0.467. The lowest BCUT2D eigenvalue weighted by Crippen LogP contribution is -2.41. The molecule has 0 aliphatic rings. The molecule has 0 fully saturated rings. The molecule has 0 aliphatic heterocycles. The Morgan fingerprint density at radius 2 is 2.05 bits per heavy atom. The van der Waals surface area contributed by atoms with Gasteiger partial charge in [0.15, 0.2) is 0 Å². The standard InChI is InChI=1S/C15H20ClNO3S/c1-5-20-14(18)9-17(10(2)3)15(19)12-8-11(21-4)6-7-13(12)16/h6-8,10H,5,9H2,1-4H3. The summed E-state index contributed by atoms with van der Waals surface area (Å²) in [6.45, 7) is 5.65. The first-order chi connectivity index (χ1) is 9.90. The zero-order valence-corrected chi connectivity index (χ0v) is 14.3. The van der Waals surface area contributed by atoms with Gasteiger partial charge in [0.1, 0.15) is 6.54 Å². The van der Waals surface area contributed by atoms with Crippen molar-refractivity contribution in [2.75, 3.05) is 19.4 Å². The molecular weight excluding hydrogens is 310 g/mol. The van der Waals surface area contributed by atoms with E-state index in [0.717, 1.165) is 4.90 Å². The zero-order valence-electron chi connectivity index (χ0n) is 12.7. The van der Waals surface area contributed by atoms with E-state index in [1.807, 2.05) is 26.2 Å². The lowest BCUT2D eigenvalue weighted by Gasteiger charge is -2.26. The number of amides is 1. The molecule has 6 heteroatoms. The van der Waals surface area contributed by atoms with Crippen molar-refractivity contribution in [3.8, 4) is 0 Å². The monoisotopic (exact) mass is 329 g/mol. The summed E-state index contributed by atoms with van der Waals surface area (Å²) in [6, 6.07) is 5.17. The molecule has 1 aromatic carbocycles. The highest BCUT2D eigenvalue weighted by atomic mass is 35.5. The highest BCUT2D eigenvalue weighted by Gasteiger charge is 2.24. The van der Waals surface area contributed by atoms with Crippen LogP contribution in [0.1, 0.15) is 31.1 Å². The maximum atomic E-state index is 12.6. The normalized spacial score (nSPS) is 10.6. The molecule has 0 spiro atoms. The Labute approximate surface area is 134 Å². The second-order valence-electron chi connectivity index (χ2n) is 4.68. The third kappa shape index (κ3) is 4.93. The van der Waals surface area contributed by atoms with Gasteiger partial charge in [0.05, 0.1) is 17.2 Å². The molecule has 0 unspecified atom stereocenters. The number of benzene rings is 1. The minimum Gasteiger partial charge on any atom is -0.465 e. The van der Waals surface area contributed by atoms with Crippen LogP contribution in [0.2, 0.25) is 5.02 Å². The van der Waals surface area contributed by atoms with Crippen molar-refractivity contribution >= 4 is 35.2 Å². The maximum Gasteiger partial charge on any atom is 0.325 e. The number of hydrogen-bond acceptors (Lipinski definition) is 4. The predicted molar refractivity (Wildman–Crippen MR) is 86.0 cm³/mol. The number of ether oxygens (including phenoxy) is 1. The third-order valence-corrected chi connectivity index (χ3v) is 3.95. The largest absolute Gasteiger partial charge is 0.465 e. The number of rotatable bonds is 6. The minimum absolute atomic E-state index is 0.0792. The van der Waals surface area contributed by atoms with Crippen LogP contribution in [0.5, 0.6) is 0 Å². The molecule has 21 heavy (non-hydrogen) atoms. The van der Waals surface area contributed by atoms with E-state index in [4.69, 9.17) is 16.3 Å². The van der Waals surface area contributed by atoms with Crippen LogP contribution >= 0.6 is 23.4 Å². The Bertz CT molecular complexity index is 520. The number of carbonyl (C=O) groups is 2. The number of hydrogen-bond donors (Lipinski definition) is 0. The Morgan fingerprint density at radius 1 is 1.38 bits per heavy atom. The van der Waals surface area contributed by atoms with Gasteiger partial charge in [-0.25, -0.2) is 0 Å². The maximum absolute atomic E-state index is 12.6. The predicted octanol–water partition coefficient (Wildman–Crippen LogP) is 3.48. The van der Waals surface area contributed by atoms with Crippen molar-refractivity contribution in [3.63, 3.8) is 0 Å². The second kappa shape index (κ2) is 8.29. The molecule has 0 radical (unpaired) electrons. The molecule has 0 saturated carbocycles. The summed E-state index contributed by atoms with van der Waals surface area (Å²) in [5, 5.41) is 0.382. The van der Waals surface area contributed by atoms with E-state index in [0.29, 0.717) is 17.2 Å². The van der Waals surface area contributed by atoms with Crippen LogP contribution < -0.4 is 0 Å². The van der Waals surface area contributed by atoms with Crippen molar-refractivity contribution in [2.24, 2.45) is 0 Å². The van der Waals surface area contributed by atoms with Gasteiger partial charge in [0.2, 0.25) is 0 Å². The quantitative estimate of drug-likeness (QED) is 0.592. The van der Waals surface area contributed by atoms with E-state index >= 15 is 0 Å². The average molecular weight is 330 g/mol. The summed E-state index contributed by atoms with van der Waals surface area (Å²) in [5.41, 5.74) is 0.404. The first-order valence-corrected chi connectivity index (χ1v) is 8.31. The molecule has 1 rings (SSSR count). The summed E-state index contributed by atoms with van der Waals surface area (Å²) in [6.07, 6.45) is 1.93. The minimum atomic E-state index is -0.420. The van der Waals surface area contributed by atoms with Crippen LogP contribution in [-0.2, 0) is 9.53 Å². The Hall–Kier alpha value is -1.20. The first kappa shape index (κ1) is 17.9. The summed E-state index contributed by atoms with van der Waals surface area (Å²) in [5.74, 6) is -0.685. The van der Waals surface area contributed by atoms with Gasteiger partial charge in [-0.3, -0.25) is 9.59 Å². The van der Waals surface area contributed by atoms with Gasteiger partial charge >= 0.3 is 5.97 Å². The zero-order chi connectivity index (χ0) is 16.0. The molecule has 1 aromatic rings. The fourth-order valence-electron chi connectivity index (χ4n) is 1.78. The summed E-state index contributed by atoms with van der Waals surface area (Å²) in [4.78, 5) is 26.7. The second-order valence-corrected chi connectivity index (χ2v) is 5.96. The number of nitrogens with zero attached hydrogens (tertiary/aromatic N) is 1. The molecule has 4 nitrogen and oxygen atoms in total. The molecule has 0 atom stereocenters. The van der Waals surface area contributed by atoms with Crippen molar-refractivity contribution in [3.05, 3.63) is 28.8 Å². The molecule has 0 N–H and O–H groups in total. The summed E-state index contributed by atoms with van der Waals surface area (Å²) in [7, 11) is 0. The van der Waals surface area contributed by atoms with Gasteiger partial charge < -0.3 is 9.64 Å².